The zero-order chi connectivity index (χ0) is 15.5. The first-order chi connectivity index (χ1) is 10.7. The maximum absolute atomic E-state index is 12.1. The molecule has 5 heteroatoms. The highest BCUT2D eigenvalue weighted by atomic mass is 16.3. The second-order valence-corrected chi connectivity index (χ2v) is 4.70. The Balaban J connectivity index is 1.76. The van der Waals surface area contributed by atoms with Crippen LogP contribution in [0.3, 0.4) is 0 Å². The van der Waals surface area contributed by atoms with Crippen molar-refractivity contribution < 1.29 is 14.7 Å². The smallest absolute Gasteiger partial charge is 0.271 e. The molecule has 3 rings (SSSR count). The SMILES string of the molecule is O=C(N/N=C/C1=C(O)c2ccccc2C1=O)c1ccccc1. The van der Waals surface area contributed by atoms with Gasteiger partial charge in [0.15, 0.2) is 5.78 Å². The molecule has 0 saturated carbocycles. The number of rotatable bonds is 3. The summed E-state index contributed by atoms with van der Waals surface area (Å²) in [5, 5.41) is 13.8. The number of ketones is 1. The normalized spacial score (nSPS) is 13.5. The average Bonchev–Trinajstić information content (AvgIpc) is 2.81. The van der Waals surface area contributed by atoms with E-state index in [4.69, 9.17) is 0 Å². The molecule has 0 heterocycles. The van der Waals surface area contributed by atoms with E-state index in [-0.39, 0.29) is 23.0 Å². The molecule has 0 bridgehead atoms. The van der Waals surface area contributed by atoms with Gasteiger partial charge in [0, 0.05) is 16.7 Å². The predicted molar refractivity (Wildman–Crippen MR) is 82.7 cm³/mol. The van der Waals surface area contributed by atoms with Crippen LogP contribution in [0.1, 0.15) is 26.3 Å². The van der Waals surface area contributed by atoms with Gasteiger partial charge < -0.3 is 5.11 Å². The lowest BCUT2D eigenvalue weighted by atomic mass is 10.1. The van der Waals surface area contributed by atoms with E-state index >= 15 is 0 Å². The molecule has 2 N–H and O–H groups in total. The molecular weight excluding hydrogens is 280 g/mol. The maximum atomic E-state index is 12.1. The first kappa shape index (κ1) is 13.8. The van der Waals surface area contributed by atoms with Crippen molar-refractivity contribution in [1.82, 2.24) is 5.43 Å². The van der Waals surface area contributed by atoms with Crippen molar-refractivity contribution in [2.24, 2.45) is 5.10 Å². The summed E-state index contributed by atoms with van der Waals surface area (Å²) in [6.45, 7) is 0. The van der Waals surface area contributed by atoms with Gasteiger partial charge in [-0.15, -0.1) is 0 Å². The summed E-state index contributed by atoms with van der Waals surface area (Å²) in [5.41, 5.74) is 3.75. The summed E-state index contributed by atoms with van der Waals surface area (Å²) < 4.78 is 0. The number of aliphatic hydroxyl groups is 1. The van der Waals surface area contributed by atoms with Crippen LogP contribution in [0.15, 0.2) is 65.3 Å². The summed E-state index contributed by atoms with van der Waals surface area (Å²) in [5.74, 6) is -0.830. The molecule has 0 atom stereocenters. The van der Waals surface area contributed by atoms with Crippen LogP contribution < -0.4 is 5.43 Å². The van der Waals surface area contributed by atoms with E-state index in [0.29, 0.717) is 16.7 Å². The van der Waals surface area contributed by atoms with Gasteiger partial charge in [0.05, 0.1) is 11.8 Å². The van der Waals surface area contributed by atoms with Gasteiger partial charge in [0.2, 0.25) is 0 Å². The monoisotopic (exact) mass is 292 g/mol. The summed E-state index contributed by atoms with van der Waals surface area (Å²) in [4.78, 5) is 23.9. The van der Waals surface area contributed by atoms with E-state index in [2.05, 4.69) is 10.5 Å². The zero-order valence-electron chi connectivity index (χ0n) is 11.5. The van der Waals surface area contributed by atoms with Crippen LogP contribution in [0.2, 0.25) is 0 Å². The van der Waals surface area contributed by atoms with Crippen molar-refractivity contribution in [1.29, 1.82) is 0 Å². The number of allylic oxidation sites excluding steroid dienone is 1. The van der Waals surface area contributed by atoms with Gasteiger partial charge >= 0.3 is 0 Å². The highest BCUT2D eigenvalue weighted by molar-refractivity contribution is 6.30. The number of hydrogen-bond donors (Lipinski definition) is 2. The van der Waals surface area contributed by atoms with Gasteiger partial charge in [-0.1, -0.05) is 42.5 Å². The fraction of sp³-hybridized carbons (Fsp3) is 0. The minimum Gasteiger partial charge on any atom is -0.506 e. The Bertz CT molecular complexity index is 808. The van der Waals surface area contributed by atoms with Crippen molar-refractivity contribution in [3.05, 3.63) is 76.9 Å². The number of amides is 1. The first-order valence-corrected chi connectivity index (χ1v) is 6.64. The van der Waals surface area contributed by atoms with E-state index in [9.17, 15) is 14.7 Å². The summed E-state index contributed by atoms with van der Waals surface area (Å²) in [7, 11) is 0. The van der Waals surface area contributed by atoms with Crippen LogP contribution in [0, 0.1) is 0 Å². The maximum Gasteiger partial charge on any atom is 0.271 e. The third-order valence-electron chi connectivity index (χ3n) is 3.32. The quantitative estimate of drug-likeness (QED) is 0.674. The third-order valence-corrected chi connectivity index (χ3v) is 3.32. The molecule has 0 aliphatic heterocycles. The predicted octanol–water partition coefficient (Wildman–Crippen LogP) is 2.57. The number of carbonyl (C=O) groups is 2. The summed E-state index contributed by atoms with van der Waals surface area (Å²) in [6, 6.07) is 15.3. The lowest BCUT2D eigenvalue weighted by Gasteiger charge is -1.99. The van der Waals surface area contributed by atoms with Gasteiger partial charge in [0.25, 0.3) is 5.91 Å². The van der Waals surface area contributed by atoms with Crippen molar-refractivity contribution >= 4 is 23.7 Å². The van der Waals surface area contributed by atoms with Crippen molar-refractivity contribution in [3.63, 3.8) is 0 Å². The van der Waals surface area contributed by atoms with E-state index in [1.165, 1.54) is 6.21 Å². The molecule has 0 radical (unpaired) electrons. The van der Waals surface area contributed by atoms with Crippen LogP contribution in [0.4, 0.5) is 0 Å². The molecule has 0 saturated heterocycles. The minimum absolute atomic E-state index is 0.0644. The number of aliphatic hydroxyl groups excluding tert-OH is 1. The molecular formula is C17H12N2O3. The zero-order valence-corrected chi connectivity index (χ0v) is 11.5. The number of nitrogens with one attached hydrogen (secondary N) is 1. The highest BCUT2D eigenvalue weighted by Crippen LogP contribution is 2.29. The van der Waals surface area contributed by atoms with Crippen molar-refractivity contribution in [2.45, 2.75) is 0 Å². The van der Waals surface area contributed by atoms with E-state index in [1.54, 1.807) is 54.6 Å². The molecule has 2 aromatic rings. The van der Waals surface area contributed by atoms with Crippen molar-refractivity contribution in [2.75, 3.05) is 0 Å². The number of hydrogen-bond acceptors (Lipinski definition) is 4. The summed E-state index contributed by atoms with van der Waals surface area (Å²) in [6.07, 6.45) is 1.17. The Morgan fingerprint density at radius 1 is 1.00 bits per heavy atom. The van der Waals surface area contributed by atoms with E-state index in [0.717, 1.165) is 0 Å². The van der Waals surface area contributed by atoms with Gasteiger partial charge in [-0.25, -0.2) is 5.43 Å². The second kappa shape index (κ2) is 5.65. The largest absolute Gasteiger partial charge is 0.506 e. The fourth-order valence-corrected chi connectivity index (χ4v) is 2.21. The molecule has 2 aromatic carbocycles. The highest BCUT2D eigenvalue weighted by Gasteiger charge is 2.27. The number of hydrazone groups is 1. The van der Waals surface area contributed by atoms with Gasteiger partial charge in [-0.05, 0) is 12.1 Å². The topological polar surface area (TPSA) is 78.8 Å². The van der Waals surface area contributed by atoms with Crippen LogP contribution in [0.25, 0.3) is 5.76 Å². The lowest BCUT2D eigenvalue weighted by Crippen LogP contribution is -2.17. The molecule has 1 aliphatic carbocycles. The number of nitrogens with zero attached hydrogens (tertiary/aromatic N) is 1. The Morgan fingerprint density at radius 3 is 2.32 bits per heavy atom. The van der Waals surface area contributed by atoms with Crippen molar-refractivity contribution in [3.8, 4) is 0 Å². The molecule has 1 aliphatic rings. The molecule has 1 amide bonds. The molecule has 0 fully saturated rings. The number of Topliss-reactive ketones (excluding diaryl/α,β-unsaturated/α-hetero) is 1. The van der Waals surface area contributed by atoms with Gasteiger partial charge in [-0.3, -0.25) is 9.59 Å². The molecule has 0 unspecified atom stereocenters. The van der Waals surface area contributed by atoms with E-state index in [1.807, 2.05) is 0 Å². The minimum atomic E-state index is -0.389. The third kappa shape index (κ3) is 2.40. The van der Waals surface area contributed by atoms with Crippen LogP contribution in [-0.4, -0.2) is 23.0 Å². The Labute approximate surface area is 126 Å². The summed E-state index contributed by atoms with van der Waals surface area (Å²) >= 11 is 0. The van der Waals surface area contributed by atoms with Gasteiger partial charge in [0.1, 0.15) is 5.76 Å². The lowest BCUT2D eigenvalue weighted by molar-refractivity contribution is 0.0953. The molecule has 0 spiro atoms. The average molecular weight is 292 g/mol. The molecule has 5 nitrogen and oxygen atoms in total. The van der Waals surface area contributed by atoms with E-state index < -0.39 is 0 Å². The fourth-order valence-electron chi connectivity index (χ4n) is 2.21. The number of fused-ring (bicyclic) bond motifs is 1. The molecule has 108 valence electrons. The molecule has 22 heavy (non-hydrogen) atoms. The number of carbonyl (C=O) groups excluding carboxylic acids is 2. The van der Waals surface area contributed by atoms with Crippen LogP contribution in [0.5, 0.6) is 0 Å². The Morgan fingerprint density at radius 2 is 1.64 bits per heavy atom. The standard InChI is InChI=1S/C17H12N2O3/c20-15-12-8-4-5-9-13(12)16(21)14(15)10-18-19-17(22)11-6-2-1-3-7-11/h1-10,20H,(H,19,22)/b18-10+. The molecule has 0 aromatic heterocycles. The first-order valence-electron chi connectivity index (χ1n) is 6.64. The number of benzene rings is 2. The second-order valence-electron chi connectivity index (χ2n) is 4.70. The van der Waals surface area contributed by atoms with Gasteiger partial charge in [-0.2, -0.15) is 5.10 Å². The van der Waals surface area contributed by atoms with Crippen LogP contribution >= 0.6 is 0 Å². The Hall–Kier alpha value is -3.21. The Kier molecular flexibility index (Phi) is 3.53. The van der Waals surface area contributed by atoms with Crippen LogP contribution in [-0.2, 0) is 0 Å².